The van der Waals surface area contributed by atoms with Crippen LogP contribution in [0.4, 0.5) is 0 Å². The third-order valence-corrected chi connectivity index (χ3v) is 3.80. The lowest BCUT2D eigenvalue weighted by Gasteiger charge is -2.16. The van der Waals surface area contributed by atoms with Crippen molar-refractivity contribution in [1.29, 1.82) is 0 Å². The van der Waals surface area contributed by atoms with E-state index < -0.39 is 0 Å². The highest BCUT2D eigenvalue weighted by Gasteiger charge is 2.17. The van der Waals surface area contributed by atoms with E-state index in [-0.39, 0.29) is 24.4 Å². The summed E-state index contributed by atoms with van der Waals surface area (Å²) in [6, 6.07) is 8.96. The quantitative estimate of drug-likeness (QED) is 0.808. The summed E-state index contributed by atoms with van der Waals surface area (Å²) in [5, 5.41) is 5.53. The summed E-state index contributed by atoms with van der Waals surface area (Å²) in [4.78, 5) is 23.7. The average molecular weight is 304 g/mol. The maximum atomic E-state index is 11.8. The minimum absolute atomic E-state index is 0.00199. The van der Waals surface area contributed by atoms with Gasteiger partial charge in [-0.05, 0) is 44.7 Å². The molecule has 0 aliphatic carbocycles. The Morgan fingerprint density at radius 3 is 2.77 bits per heavy atom. The largest absolute Gasteiger partial charge is 0.378 e. The zero-order chi connectivity index (χ0) is 15.8. The number of carbonyl (C=O) groups excluding carboxylic acids is 2. The SMILES string of the molecule is CC(CCC1CCCO1)NC(=O)CNC(=O)c1ccccc1. The predicted molar refractivity (Wildman–Crippen MR) is 84.6 cm³/mol. The summed E-state index contributed by atoms with van der Waals surface area (Å²) < 4.78 is 5.57. The smallest absolute Gasteiger partial charge is 0.251 e. The predicted octanol–water partition coefficient (Wildman–Crippen LogP) is 1.88. The molecule has 1 aliphatic rings. The first-order chi connectivity index (χ1) is 10.6. The van der Waals surface area contributed by atoms with E-state index in [1.165, 1.54) is 0 Å². The van der Waals surface area contributed by atoms with E-state index in [0.29, 0.717) is 11.7 Å². The van der Waals surface area contributed by atoms with Crippen LogP contribution in [0.1, 0.15) is 43.0 Å². The summed E-state index contributed by atoms with van der Waals surface area (Å²) in [7, 11) is 0. The number of carbonyl (C=O) groups is 2. The fourth-order valence-electron chi connectivity index (χ4n) is 2.56. The van der Waals surface area contributed by atoms with E-state index in [1.54, 1.807) is 24.3 Å². The van der Waals surface area contributed by atoms with Crippen molar-refractivity contribution in [2.24, 2.45) is 0 Å². The average Bonchev–Trinajstić information content (AvgIpc) is 3.05. The van der Waals surface area contributed by atoms with E-state index in [1.807, 2.05) is 13.0 Å². The molecule has 2 N–H and O–H groups in total. The van der Waals surface area contributed by atoms with Gasteiger partial charge in [-0.3, -0.25) is 9.59 Å². The molecule has 22 heavy (non-hydrogen) atoms. The maximum Gasteiger partial charge on any atom is 0.251 e. The van der Waals surface area contributed by atoms with Crippen LogP contribution < -0.4 is 10.6 Å². The zero-order valence-corrected chi connectivity index (χ0v) is 13.0. The van der Waals surface area contributed by atoms with E-state index in [9.17, 15) is 9.59 Å². The first-order valence-electron chi connectivity index (χ1n) is 7.89. The lowest BCUT2D eigenvalue weighted by atomic mass is 10.1. The number of benzene rings is 1. The number of hydrogen-bond acceptors (Lipinski definition) is 3. The molecule has 1 aliphatic heterocycles. The van der Waals surface area contributed by atoms with Crippen LogP contribution in [-0.2, 0) is 9.53 Å². The summed E-state index contributed by atoms with van der Waals surface area (Å²) >= 11 is 0. The second kappa shape index (κ2) is 8.54. The van der Waals surface area contributed by atoms with Crippen LogP contribution in [0.15, 0.2) is 30.3 Å². The standard InChI is InChI=1S/C17H24N2O3/c1-13(9-10-15-8-5-11-22-15)19-16(20)12-18-17(21)14-6-3-2-4-7-14/h2-4,6-7,13,15H,5,8-12H2,1H3,(H,18,21)(H,19,20). The van der Waals surface area contributed by atoms with Crippen molar-refractivity contribution >= 4 is 11.8 Å². The molecule has 0 bridgehead atoms. The molecule has 1 aromatic carbocycles. The van der Waals surface area contributed by atoms with Crippen LogP contribution in [0.25, 0.3) is 0 Å². The second-order valence-electron chi connectivity index (χ2n) is 5.73. The van der Waals surface area contributed by atoms with Crippen LogP contribution in [0, 0.1) is 0 Å². The van der Waals surface area contributed by atoms with Crippen molar-refractivity contribution in [2.45, 2.75) is 44.8 Å². The lowest BCUT2D eigenvalue weighted by Crippen LogP contribution is -2.41. The van der Waals surface area contributed by atoms with E-state index in [4.69, 9.17) is 4.74 Å². The first-order valence-corrected chi connectivity index (χ1v) is 7.89. The Morgan fingerprint density at radius 1 is 1.32 bits per heavy atom. The van der Waals surface area contributed by atoms with E-state index >= 15 is 0 Å². The molecule has 1 aromatic rings. The molecule has 0 saturated carbocycles. The van der Waals surface area contributed by atoms with Gasteiger partial charge in [0.2, 0.25) is 5.91 Å². The van der Waals surface area contributed by atoms with E-state index in [2.05, 4.69) is 10.6 Å². The minimum atomic E-state index is -0.234. The Labute approximate surface area is 131 Å². The molecule has 2 atom stereocenters. The number of hydrogen-bond donors (Lipinski definition) is 2. The first kappa shape index (κ1) is 16.5. The molecule has 120 valence electrons. The molecule has 5 nitrogen and oxygen atoms in total. The lowest BCUT2D eigenvalue weighted by molar-refractivity contribution is -0.120. The molecule has 1 fully saturated rings. The number of ether oxygens (including phenoxy) is 1. The topological polar surface area (TPSA) is 67.4 Å². The Balaban J connectivity index is 1.63. The van der Waals surface area contributed by atoms with Gasteiger partial charge in [-0.15, -0.1) is 0 Å². The Hall–Kier alpha value is -1.88. The van der Waals surface area contributed by atoms with Crippen LogP contribution in [0.5, 0.6) is 0 Å². The summed E-state index contributed by atoms with van der Waals surface area (Å²) in [6.07, 6.45) is 4.46. The van der Waals surface area contributed by atoms with Crippen molar-refractivity contribution in [3.63, 3.8) is 0 Å². The van der Waals surface area contributed by atoms with Crippen molar-refractivity contribution in [3.05, 3.63) is 35.9 Å². The summed E-state index contributed by atoms with van der Waals surface area (Å²) in [6.45, 7) is 2.83. The fourth-order valence-corrected chi connectivity index (χ4v) is 2.56. The van der Waals surface area contributed by atoms with Gasteiger partial charge in [0.15, 0.2) is 0 Å². The highest BCUT2D eigenvalue weighted by molar-refractivity contribution is 5.96. The number of nitrogens with one attached hydrogen (secondary N) is 2. The molecule has 1 heterocycles. The summed E-state index contributed by atoms with van der Waals surface area (Å²) in [5.41, 5.74) is 0.557. The van der Waals surface area contributed by atoms with Crippen LogP contribution in [0.2, 0.25) is 0 Å². The molecule has 2 amide bonds. The van der Waals surface area contributed by atoms with Gasteiger partial charge in [0.1, 0.15) is 0 Å². The Bertz CT molecular complexity index is 484. The third-order valence-electron chi connectivity index (χ3n) is 3.80. The van der Waals surface area contributed by atoms with Crippen LogP contribution in [0.3, 0.4) is 0 Å². The molecule has 1 saturated heterocycles. The maximum absolute atomic E-state index is 11.8. The van der Waals surface area contributed by atoms with Gasteiger partial charge in [0, 0.05) is 18.2 Å². The molecular formula is C17H24N2O3. The van der Waals surface area contributed by atoms with Crippen molar-refractivity contribution in [3.8, 4) is 0 Å². The molecule has 2 unspecified atom stereocenters. The summed E-state index contributed by atoms with van der Waals surface area (Å²) in [5.74, 6) is -0.396. The van der Waals surface area contributed by atoms with Gasteiger partial charge in [-0.1, -0.05) is 18.2 Å². The van der Waals surface area contributed by atoms with Gasteiger partial charge in [-0.25, -0.2) is 0 Å². The van der Waals surface area contributed by atoms with Crippen molar-refractivity contribution < 1.29 is 14.3 Å². The number of rotatable bonds is 7. The van der Waals surface area contributed by atoms with Crippen molar-refractivity contribution in [1.82, 2.24) is 10.6 Å². The van der Waals surface area contributed by atoms with Gasteiger partial charge in [-0.2, -0.15) is 0 Å². The third kappa shape index (κ3) is 5.48. The molecule has 0 aromatic heterocycles. The zero-order valence-electron chi connectivity index (χ0n) is 13.0. The monoisotopic (exact) mass is 304 g/mol. The Morgan fingerprint density at radius 2 is 2.09 bits per heavy atom. The normalized spacial score (nSPS) is 18.7. The molecule has 2 rings (SSSR count). The second-order valence-corrected chi connectivity index (χ2v) is 5.73. The van der Waals surface area contributed by atoms with Gasteiger partial charge < -0.3 is 15.4 Å². The highest BCUT2D eigenvalue weighted by Crippen LogP contribution is 2.17. The van der Waals surface area contributed by atoms with Crippen molar-refractivity contribution in [2.75, 3.05) is 13.2 Å². The molecule has 0 radical (unpaired) electrons. The number of amides is 2. The Kier molecular flexibility index (Phi) is 6.40. The van der Waals surface area contributed by atoms with Gasteiger partial charge >= 0.3 is 0 Å². The van der Waals surface area contributed by atoms with Gasteiger partial charge in [0.25, 0.3) is 5.91 Å². The fraction of sp³-hybridized carbons (Fsp3) is 0.529. The van der Waals surface area contributed by atoms with Gasteiger partial charge in [0.05, 0.1) is 12.6 Å². The van der Waals surface area contributed by atoms with Crippen LogP contribution >= 0.6 is 0 Å². The highest BCUT2D eigenvalue weighted by atomic mass is 16.5. The molecular weight excluding hydrogens is 280 g/mol. The van der Waals surface area contributed by atoms with E-state index in [0.717, 1.165) is 32.3 Å². The minimum Gasteiger partial charge on any atom is -0.378 e. The molecule has 0 spiro atoms. The van der Waals surface area contributed by atoms with Crippen LogP contribution in [-0.4, -0.2) is 37.1 Å². The molecule has 5 heteroatoms.